The third kappa shape index (κ3) is 3.64. The summed E-state index contributed by atoms with van der Waals surface area (Å²) in [6, 6.07) is 11.3. The molecule has 0 fully saturated rings. The number of imidazole rings is 1. The second kappa shape index (κ2) is 7.79. The largest absolute Gasteiger partial charge is 0.338 e. The number of H-pyrrole nitrogens is 1. The van der Waals surface area contributed by atoms with Gasteiger partial charge in [-0.15, -0.1) is 0 Å². The summed E-state index contributed by atoms with van der Waals surface area (Å²) in [6.45, 7) is 2.37. The van der Waals surface area contributed by atoms with Gasteiger partial charge in [-0.1, -0.05) is 0 Å². The van der Waals surface area contributed by atoms with Gasteiger partial charge in [-0.25, -0.2) is 29.7 Å². The van der Waals surface area contributed by atoms with Crippen molar-refractivity contribution in [2.45, 2.75) is 6.92 Å². The molecule has 1 aromatic carbocycles. The number of nitrogens with zero attached hydrogens (tertiary/aromatic N) is 5. The molecule has 3 N–H and O–H groups in total. The number of hydrogen-bond acceptors (Lipinski definition) is 6. The lowest BCUT2D eigenvalue weighted by atomic mass is 10.0. The van der Waals surface area contributed by atoms with E-state index in [4.69, 9.17) is 0 Å². The Kier molecular flexibility index (Phi) is 4.68. The highest BCUT2D eigenvalue weighted by atomic mass is 16.2. The normalized spacial score (nSPS) is 11.0. The number of amides is 2. The molecule has 0 radical (unpaired) electrons. The van der Waals surface area contributed by atoms with Gasteiger partial charge in [0.15, 0.2) is 11.5 Å². The van der Waals surface area contributed by atoms with Crippen molar-refractivity contribution >= 4 is 34.0 Å². The molecule has 5 aromatic rings. The Morgan fingerprint density at radius 2 is 1.84 bits per heavy atom. The molecule has 31 heavy (non-hydrogen) atoms. The zero-order valence-corrected chi connectivity index (χ0v) is 16.6. The van der Waals surface area contributed by atoms with Gasteiger partial charge in [-0.2, -0.15) is 0 Å². The summed E-state index contributed by atoms with van der Waals surface area (Å²) in [4.78, 5) is 37.2. The lowest BCUT2D eigenvalue weighted by Gasteiger charge is -2.07. The van der Waals surface area contributed by atoms with Crippen LogP contribution in [-0.4, -0.2) is 42.5 Å². The molecule has 0 saturated heterocycles. The Balaban J connectivity index is 1.67. The van der Waals surface area contributed by atoms with Crippen molar-refractivity contribution in [3.05, 3.63) is 61.2 Å². The summed E-state index contributed by atoms with van der Waals surface area (Å²) in [7, 11) is 0. The molecule has 4 aromatic heterocycles. The van der Waals surface area contributed by atoms with Crippen LogP contribution in [0.15, 0.2) is 61.2 Å². The van der Waals surface area contributed by atoms with E-state index in [0.29, 0.717) is 29.5 Å². The number of urea groups is 1. The van der Waals surface area contributed by atoms with Crippen LogP contribution >= 0.6 is 0 Å². The van der Waals surface area contributed by atoms with Crippen LogP contribution in [0.5, 0.6) is 0 Å². The quantitative estimate of drug-likeness (QED) is 0.415. The summed E-state index contributed by atoms with van der Waals surface area (Å²) in [5, 5.41) is 6.35. The van der Waals surface area contributed by atoms with Crippen molar-refractivity contribution in [2.75, 3.05) is 11.9 Å². The Labute approximate surface area is 177 Å². The average molecular weight is 410 g/mol. The number of benzene rings is 1. The van der Waals surface area contributed by atoms with Crippen LogP contribution in [0, 0.1) is 0 Å². The van der Waals surface area contributed by atoms with E-state index in [9.17, 15) is 4.79 Å². The van der Waals surface area contributed by atoms with E-state index in [0.717, 1.165) is 27.6 Å². The zero-order valence-electron chi connectivity index (χ0n) is 16.6. The van der Waals surface area contributed by atoms with E-state index < -0.39 is 0 Å². The summed E-state index contributed by atoms with van der Waals surface area (Å²) in [5.74, 6) is 0.897. The van der Waals surface area contributed by atoms with Gasteiger partial charge in [0.1, 0.15) is 0 Å². The van der Waals surface area contributed by atoms with Crippen molar-refractivity contribution in [2.24, 2.45) is 0 Å². The molecule has 4 heterocycles. The summed E-state index contributed by atoms with van der Waals surface area (Å²) >= 11 is 0. The van der Waals surface area contributed by atoms with Gasteiger partial charge >= 0.3 is 6.03 Å². The first-order valence-electron chi connectivity index (χ1n) is 9.78. The molecule has 0 bridgehead atoms. The van der Waals surface area contributed by atoms with Gasteiger partial charge in [0.05, 0.1) is 11.0 Å². The fourth-order valence-electron chi connectivity index (χ4n) is 3.39. The number of rotatable bonds is 4. The highest BCUT2D eigenvalue weighted by Gasteiger charge is 2.15. The molecule has 152 valence electrons. The SMILES string of the molecule is CCNC(=O)Nc1nc2cc(-c3cnc4ncccc4c3)cc(-c3ncccn3)c2[nH]1. The maximum Gasteiger partial charge on any atom is 0.321 e. The number of pyridine rings is 2. The lowest BCUT2D eigenvalue weighted by Crippen LogP contribution is -2.28. The lowest BCUT2D eigenvalue weighted by molar-refractivity contribution is 0.252. The standard InChI is InChI=1S/C22H18N8O/c1-2-23-22(31)30-21-28-17-11-14(15-9-13-5-3-6-24-19(13)27-12-15)10-16(18(17)29-21)20-25-7-4-8-26-20/h3-12H,2H2,1H3,(H3,23,28,29,30,31). The molecule has 0 aliphatic carbocycles. The van der Waals surface area contributed by atoms with Crippen molar-refractivity contribution < 1.29 is 4.79 Å². The number of nitrogens with one attached hydrogen (secondary N) is 3. The number of carbonyl (C=O) groups excluding carboxylic acids is 1. The minimum atomic E-state index is -0.328. The highest BCUT2D eigenvalue weighted by Crippen LogP contribution is 2.32. The van der Waals surface area contributed by atoms with E-state index in [1.807, 2.05) is 37.3 Å². The molecule has 0 atom stereocenters. The third-order valence-corrected chi connectivity index (χ3v) is 4.76. The van der Waals surface area contributed by atoms with Crippen molar-refractivity contribution in [3.8, 4) is 22.5 Å². The number of aromatic nitrogens is 6. The molecule has 2 amide bonds. The molecule has 5 rings (SSSR count). The predicted molar refractivity (Wildman–Crippen MR) is 118 cm³/mol. The summed E-state index contributed by atoms with van der Waals surface area (Å²) in [5.41, 5.74) is 4.70. The smallest absolute Gasteiger partial charge is 0.321 e. The maximum atomic E-state index is 11.9. The number of fused-ring (bicyclic) bond motifs is 2. The van der Waals surface area contributed by atoms with E-state index in [1.54, 1.807) is 30.9 Å². The number of hydrogen-bond donors (Lipinski definition) is 3. The predicted octanol–water partition coefficient (Wildman–Crippen LogP) is 3.77. The first-order chi connectivity index (χ1) is 15.2. The second-order valence-corrected chi connectivity index (χ2v) is 6.83. The fraction of sp³-hybridized carbons (Fsp3) is 0.0909. The Morgan fingerprint density at radius 1 is 1.00 bits per heavy atom. The fourth-order valence-corrected chi connectivity index (χ4v) is 3.39. The molecule has 0 saturated carbocycles. The van der Waals surface area contributed by atoms with Gasteiger partial charge in [-0.05, 0) is 48.9 Å². The van der Waals surface area contributed by atoms with Crippen molar-refractivity contribution in [1.82, 2.24) is 35.2 Å². The van der Waals surface area contributed by atoms with Crippen molar-refractivity contribution in [1.29, 1.82) is 0 Å². The van der Waals surface area contributed by atoms with E-state index in [1.165, 1.54) is 0 Å². The van der Waals surface area contributed by atoms with Gasteiger partial charge in [0, 0.05) is 47.8 Å². The van der Waals surface area contributed by atoms with Crippen LogP contribution in [0.1, 0.15) is 6.92 Å². The molecule has 0 spiro atoms. The van der Waals surface area contributed by atoms with Crippen LogP contribution in [-0.2, 0) is 0 Å². The van der Waals surface area contributed by atoms with Gasteiger partial charge in [0.2, 0.25) is 5.95 Å². The Morgan fingerprint density at radius 3 is 2.68 bits per heavy atom. The van der Waals surface area contributed by atoms with Crippen LogP contribution in [0.3, 0.4) is 0 Å². The first kappa shape index (κ1) is 18.6. The van der Waals surface area contributed by atoms with Crippen LogP contribution < -0.4 is 10.6 Å². The third-order valence-electron chi connectivity index (χ3n) is 4.76. The first-order valence-corrected chi connectivity index (χ1v) is 9.78. The molecule has 0 aliphatic heterocycles. The summed E-state index contributed by atoms with van der Waals surface area (Å²) in [6.07, 6.45) is 6.88. The maximum absolute atomic E-state index is 11.9. The average Bonchev–Trinajstić information content (AvgIpc) is 3.21. The van der Waals surface area contributed by atoms with E-state index in [-0.39, 0.29) is 6.03 Å². The van der Waals surface area contributed by atoms with Crippen LogP contribution in [0.4, 0.5) is 10.7 Å². The molecular formula is C22H18N8O. The molecular weight excluding hydrogens is 392 g/mol. The van der Waals surface area contributed by atoms with Crippen molar-refractivity contribution in [3.63, 3.8) is 0 Å². The monoisotopic (exact) mass is 410 g/mol. The molecule has 9 nitrogen and oxygen atoms in total. The minimum absolute atomic E-state index is 0.328. The van der Waals surface area contributed by atoms with Gasteiger partial charge in [0.25, 0.3) is 0 Å². The minimum Gasteiger partial charge on any atom is -0.338 e. The number of anilines is 1. The van der Waals surface area contributed by atoms with E-state index >= 15 is 0 Å². The Bertz CT molecular complexity index is 1400. The highest BCUT2D eigenvalue weighted by molar-refractivity contribution is 5.97. The van der Waals surface area contributed by atoms with Crippen LogP contribution in [0.2, 0.25) is 0 Å². The molecule has 0 aliphatic rings. The van der Waals surface area contributed by atoms with Gasteiger partial charge < -0.3 is 10.3 Å². The molecule has 0 unspecified atom stereocenters. The van der Waals surface area contributed by atoms with E-state index in [2.05, 4.69) is 40.5 Å². The second-order valence-electron chi connectivity index (χ2n) is 6.83. The molecule has 9 heteroatoms. The van der Waals surface area contributed by atoms with Crippen LogP contribution in [0.25, 0.3) is 44.6 Å². The zero-order chi connectivity index (χ0) is 21.2. The Hall–Kier alpha value is -4.40. The van der Waals surface area contributed by atoms with Gasteiger partial charge in [-0.3, -0.25) is 5.32 Å². The number of aromatic amines is 1. The topological polar surface area (TPSA) is 121 Å². The number of carbonyl (C=O) groups is 1. The summed E-state index contributed by atoms with van der Waals surface area (Å²) < 4.78 is 0.